The van der Waals surface area contributed by atoms with Crippen LogP contribution in [0.1, 0.15) is 69.9 Å². The predicted octanol–water partition coefficient (Wildman–Crippen LogP) is 6.68. The minimum atomic E-state index is -3.97. The molecule has 2 N–H and O–H groups in total. The van der Waals surface area contributed by atoms with Crippen molar-refractivity contribution >= 4 is 9.84 Å². The fourth-order valence-corrected chi connectivity index (χ4v) is 6.33. The van der Waals surface area contributed by atoms with Gasteiger partial charge in [0.25, 0.3) is 0 Å². The molecular formula is C27H34O4S. The molecule has 0 saturated heterocycles. The monoisotopic (exact) mass is 454 g/mol. The van der Waals surface area contributed by atoms with Gasteiger partial charge in [0, 0.05) is 11.5 Å². The zero-order chi connectivity index (χ0) is 23.5. The molecular weight excluding hydrogens is 420 g/mol. The summed E-state index contributed by atoms with van der Waals surface area (Å²) in [4.78, 5) is 0.0557. The molecule has 4 nitrogen and oxygen atoms in total. The van der Waals surface area contributed by atoms with Gasteiger partial charge in [-0.15, -0.1) is 0 Å². The second kappa shape index (κ2) is 9.95. The Balaban J connectivity index is 2.26. The number of sulfone groups is 1. The van der Waals surface area contributed by atoms with E-state index in [4.69, 9.17) is 0 Å². The Morgan fingerprint density at radius 3 is 2.47 bits per heavy atom. The lowest BCUT2D eigenvalue weighted by molar-refractivity contribution is 0.397. The predicted molar refractivity (Wildman–Crippen MR) is 129 cm³/mol. The molecule has 2 unspecified atom stereocenters. The molecule has 0 saturated carbocycles. The van der Waals surface area contributed by atoms with E-state index < -0.39 is 9.84 Å². The van der Waals surface area contributed by atoms with Crippen LogP contribution in [0, 0.1) is 5.92 Å². The van der Waals surface area contributed by atoms with E-state index in [2.05, 4.69) is 13.5 Å². The third-order valence-corrected chi connectivity index (χ3v) is 8.32. The average molecular weight is 455 g/mol. The number of unbranched alkanes of at least 4 members (excludes halogenated alkanes) is 2. The van der Waals surface area contributed by atoms with Crippen LogP contribution in [0.4, 0.5) is 0 Å². The van der Waals surface area contributed by atoms with Gasteiger partial charge in [0.15, 0.2) is 0 Å². The van der Waals surface area contributed by atoms with E-state index >= 15 is 0 Å². The Morgan fingerprint density at radius 2 is 1.84 bits per heavy atom. The summed E-state index contributed by atoms with van der Waals surface area (Å²) in [5, 5.41) is 22.5. The Bertz CT molecular complexity index is 1110. The van der Waals surface area contributed by atoms with Crippen molar-refractivity contribution in [3.8, 4) is 11.5 Å². The first-order valence-corrected chi connectivity index (χ1v) is 12.9. The smallest absolute Gasteiger partial charge is 0.210 e. The molecule has 1 aliphatic rings. The molecule has 5 heteroatoms. The number of phenols is 2. The van der Waals surface area contributed by atoms with Crippen LogP contribution in [0.15, 0.2) is 70.0 Å². The Hall–Kier alpha value is -2.53. The summed E-state index contributed by atoms with van der Waals surface area (Å²) < 4.78 is 27.3. The number of aryl methyl sites for hydroxylation is 1. The molecule has 0 aromatic heterocycles. The van der Waals surface area contributed by atoms with Crippen LogP contribution in [0.3, 0.4) is 0 Å². The van der Waals surface area contributed by atoms with Gasteiger partial charge < -0.3 is 10.2 Å². The summed E-state index contributed by atoms with van der Waals surface area (Å²) in [6.07, 6.45) is 6.98. The minimum Gasteiger partial charge on any atom is -0.507 e. The average Bonchev–Trinajstić information content (AvgIpc) is 2.74. The van der Waals surface area contributed by atoms with Gasteiger partial charge in [0.05, 0.1) is 4.90 Å². The molecule has 0 spiro atoms. The van der Waals surface area contributed by atoms with Crippen molar-refractivity contribution in [2.45, 2.75) is 75.0 Å². The summed E-state index contributed by atoms with van der Waals surface area (Å²) in [5.41, 5.74) is 2.86. The lowest BCUT2D eigenvalue weighted by atomic mass is 9.73. The van der Waals surface area contributed by atoms with Crippen molar-refractivity contribution in [2.75, 3.05) is 0 Å². The number of hydrogen-bond donors (Lipinski definition) is 2. The molecule has 172 valence electrons. The molecule has 2 aromatic rings. The zero-order valence-corrected chi connectivity index (χ0v) is 20.1. The molecule has 2 atom stereocenters. The third-order valence-electron chi connectivity index (χ3n) is 6.43. The fourth-order valence-electron chi connectivity index (χ4n) is 4.71. The first kappa shape index (κ1) is 24.1. The highest BCUT2D eigenvalue weighted by Crippen LogP contribution is 2.49. The van der Waals surface area contributed by atoms with E-state index in [0.29, 0.717) is 12.0 Å². The highest BCUT2D eigenvalue weighted by atomic mass is 32.2. The van der Waals surface area contributed by atoms with Gasteiger partial charge in [-0.2, -0.15) is 0 Å². The van der Waals surface area contributed by atoms with E-state index in [1.165, 1.54) is 0 Å². The topological polar surface area (TPSA) is 74.6 Å². The molecule has 0 amide bonds. The maximum absolute atomic E-state index is 13.7. The summed E-state index contributed by atoms with van der Waals surface area (Å²) in [7, 11) is -3.97. The highest BCUT2D eigenvalue weighted by molar-refractivity contribution is 7.91. The van der Waals surface area contributed by atoms with Crippen LogP contribution < -0.4 is 0 Å². The first-order chi connectivity index (χ1) is 15.2. The van der Waals surface area contributed by atoms with E-state index in [1.807, 2.05) is 19.9 Å². The summed E-state index contributed by atoms with van der Waals surface area (Å²) >= 11 is 0. The minimum absolute atomic E-state index is 0.0220. The summed E-state index contributed by atoms with van der Waals surface area (Å²) in [6, 6.07) is 9.74. The van der Waals surface area contributed by atoms with Crippen molar-refractivity contribution in [1.29, 1.82) is 0 Å². The number of aromatic hydroxyl groups is 2. The molecule has 3 rings (SSSR count). The van der Waals surface area contributed by atoms with Crippen LogP contribution >= 0.6 is 0 Å². The molecule has 0 heterocycles. The largest absolute Gasteiger partial charge is 0.507 e. The lowest BCUT2D eigenvalue weighted by Gasteiger charge is -2.32. The standard InChI is InChI=1S/C27H34O4S/c1-5-6-8-11-20-17-24(28)25(23-16-19(4)14-15-22(23)18(2)3)26(29)27(20)32(30,31)21-12-9-7-10-13-21/h7,9-10,12-13,16-17,22-23,28-29H,2,5-6,8,11,14-15H2,1,3-4H3. The van der Waals surface area contributed by atoms with Gasteiger partial charge in [-0.05, 0) is 69.2 Å². The number of hydrogen-bond acceptors (Lipinski definition) is 4. The van der Waals surface area contributed by atoms with Crippen molar-refractivity contribution in [2.24, 2.45) is 5.92 Å². The first-order valence-electron chi connectivity index (χ1n) is 11.4. The molecule has 0 radical (unpaired) electrons. The van der Waals surface area contributed by atoms with Crippen molar-refractivity contribution in [3.05, 3.63) is 71.3 Å². The summed E-state index contributed by atoms with van der Waals surface area (Å²) in [5.74, 6) is -0.685. The SMILES string of the molecule is C=C(C)C1CCC(C)=CC1c1c(O)cc(CCCCC)c(S(=O)(=O)c2ccccc2)c1O. The van der Waals surface area contributed by atoms with Crippen molar-refractivity contribution < 1.29 is 18.6 Å². The number of allylic oxidation sites excluding steroid dienone is 3. The second-order valence-corrected chi connectivity index (χ2v) is 10.8. The normalized spacial score (nSPS) is 18.9. The number of benzene rings is 2. The second-order valence-electron chi connectivity index (χ2n) is 8.95. The molecule has 1 aliphatic carbocycles. The van der Waals surface area contributed by atoms with E-state index in [9.17, 15) is 18.6 Å². The fraction of sp³-hybridized carbons (Fsp3) is 0.407. The number of phenolic OH excluding ortho intramolecular Hbond substituents is 2. The molecule has 32 heavy (non-hydrogen) atoms. The highest BCUT2D eigenvalue weighted by Gasteiger charge is 2.35. The van der Waals surface area contributed by atoms with Gasteiger partial charge in [-0.1, -0.05) is 61.8 Å². The van der Waals surface area contributed by atoms with Crippen molar-refractivity contribution in [1.82, 2.24) is 0 Å². The van der Waals surface area contributed by atoms with Crippen LogP contribution in [0.2, 0.25) is 0 Å². The Labute approximate surface area is 192 Å². The van der Waals surface area contributed by atoms with Gasteiger partial charge in [-0.3, -0.25) is 0 Å². The van der Waals surface area contributed by atoms with Crippen LogP contribution in [0.5, 0.6) is 11.5 Å². The lowest BCUT2D eigenvalue weighted by Crippen LogP contribution is -2.18. The van der Waals surface area contributed by atoms with Crippen LogP contribution in [0.25, 0.3) is 0 Å². The molecule has 2 aromatic carbocycles. The maximum atomic E-state index is 13.7. The van der Waals surface area contributed by atoms with E-state index in [-0.39, 0.29) is 38.7 Å². The van der Waals surface area contributed by atoms with Crippen LogP contribution in [-0.4, -0.2) is 18.6 Å². The van der Waals surface area contributed by atoms with Gasteiger partial charge in [0.1, 0.15) is 16.4 Å². The third kappa shape index (κ3) is 4.78. The maximum Gasteiger partial charge on any atom is 0.210 e. The quantitative estimate of drug-likeness (QED) is 0.345. The molecule has 0 fully saturated rings. The van der Waals surface area contributed by atoms with Gasteiger partial charge in [-0.25, -0.2) is 8.42 Å². The molecule has 0 aliphatic heterocycles. The molecule has 0 bridgehead atoms. The van der Waals surface area contributed by atoms with Crippen LogP contribution in [-0.2, 0) is 16.3 Å². The van der Waals surface area contributed by atoms with Gasteiger partial charge in [0.2, 0.25) is 9.84 Å². The van der Waals surface area contributed by atoms with E-state index in [0.717, 1.165) is 43.3 Å². The Morgan fingerprint density at radius 1 is 1.16 bits per heavy atom. The van der Waals surface area contributed by atoms with Gasteiger partial charge >= 0.3 is 0 Å². The summed E-state index contributed by atoms with van der Waals surface area (Å²) in [6.45, 7) is 10.2. The zero-order valence-electron chi connectivity index (χ0n) is 19.3. The van der Waals surface area contributed by atoms with E-state index in [1.54, 1.807) is 36.4 Å². The number of rotatable bonds is 8. The Kier molecular flexibility index (Phi) is 7.50. The van der Waals surface area contributed by atoms with Crippen molar-refractivity contribution in [3.63, 3.8) is 0 Å².